The monoisotopic (exact) mass is 152 g/mol. The number of amides is 3. The summed E-state index contributed by atoms with van der Waals surface area (Å²) in [6, 6.07) is -0.349. The van der Waals surface area contributed by atoms with E-state index in [-0.39, 0.29) is 18.5 Å². The molecule has 0 bridgehead atoms. The van der Waals surface area contributed by atoms with Crippen LogP contribution in [0.3, 0.4) is 0 Å². The summed E-state index contributed by atoms with van der Waals surface area (Å²) in [7, 11) is 0. The predicted octanol–water partition coefficient (Wildman–Crippen LogP) is -0.438. The Bertz CT molecular complexity index is 249. The van der Waals surface area contributed by atoms with Gasteiger partial charge in [-0.15, -0.1) is 5.92 Å². The van der Waals surface area contributed by atoms with E-state index >= 15 is 0 Å². The Balaban J connectivity index is 2.51. The van der Waals surface area contributed by atoms with Crippen molar-refractivity contribution in [3.05, 3.63) is 0 Å². The number of nitrogens with one attached hydrogen (secondary N) is 1. The van der Waals surface area contributed by atoms with Crippen molar-refractivity contribution in [2.75, 3.05) is 13.1 Å². The molecule has 1 aliphatic rings. The summed E-state index contributed by atoms with van der Waals surface area (Å²) in [6.07, 6.45) is 0. The Morgan fingerprint density at radius 3 is 2.82 bits per heavy atom. The van der Waals surface area contributed by atoms with E-state index in [1.54, 1.807) is 6.92 Å². The number of hydrogen-bond acceptors (Lipinski definition) is 2. The molecule has 1 rings (SSSR count). The quantitative estimate of drug-likeness (QED) is 0.409. The first-order valence-corrected chi connectivity index (χ1v) is 3.22. The highest BCUT2D eigenvalue weighted by Gasteiger charge is 2.25. The van der Waals surface area contributed by atoms with Gasteiger partial charge in [0, 0.05) is 0 Å². The van der Waals surface area contributed by atoms with Crippen molar-refractivity contribution in [3.8, 4) is 11.8 Å². The summed E-state index contributed by atoms with van der Waals surface area (Å²) in [4.78, 5) is 22.8. The highest BCUT2D eigenvalue weighted by Crippen LogP contribution is 1.95. The first-order valence-electron chi connectivity index (χ1n) is 3.22. The number of hydrogen-bond donors (Lipinski definition) is 1. The van der Waals surface area contributed by atoms with E-state index in [1.807, 2.05) is 0 Å². The zero-order valence-corrected chi connectivity index (χ0v) is 6.18. The lowest BCUT2D eigenvalue weighted by atomic mass is 10.5. The van der Waals surface area contributed by atoms with Crippen molar-refractivity contribution in [1.29, 1.82) is 0 Å². The minimum absolute atomic E-state index is 0.132. The molecule has 0 aromatic rings. The predicted molar refractivity (Wildman–Crippen MR) is 38.6 cm³/mol. The average molecular weight is 152 g/mol. The van der Waals surface area contributed by atoms with E-state index in [0.29, 0.717) is 6.54 Å². The van der Waals surface area contributed by atoms with Crippen LogP contribution in [0.15, 0.2) is 0 Å². The van der Waals surface area contributed by atoms with Crippen LogP contribution >= 0.6 is 0 Å². The summed E-state index contributed by atoms with van der Waals surface area (Å²) in [6.45, 7) is 2.15. The standard InChI is InChI=1S/C7H8N2O2/c1-2-3-4-9-5-6(10)8-7(9)11/h4-5H2,1H3,(H,8,10,11). The van der Waals surface area contributed by atoms with Crippen molar-refractivity contribution < 1.29 is 9.59 Å². The number of imide groups is 1. The summed E-state index contributed by atoms with van der Waals surface area (Å²) in [5.41, 5.74) is 0. The van der Waals surface area contributed by atoms with E-state index in [9.17, 15) is 9.59 Å². The van der Waals surface area contributed by atoms with Gasteiger partial charge in [0.15, 0.2) is 0 Å². The van der Waals surface area contributed by atoms with Crippen LogP contribution in [0.25, 0.3) is 0 Å². The van der Waals surface area contributed by atoms with E-state index in [1.165, 1.54) is 4.90 Å². The van der Waals surface area contributed by atoms with Crippen molar-refractivity contribution in [2.24, 2.45) is 0 Å². The SMILES string of the molecule is CC#CCN1CC(=O)NC1=O. The number of rotatable bonds is 1. The Morgan fingerprint density at radius 2 is 2.36 bits per heavy atom. The Hall–Kier alpha value is -1.50. The van der Waals surface area contributed by atoms with Crippen LogP contribution in [-0.4, -0.2) is 29.9 Å². The van der Waals surface area contributed by atoms with Gasteiger partial charge in [-0.1, -0.05) is 5.92 Å². The molecule has 0 aromatic heterocycles. The zero-order chi connectivity index (χ0) is 8.27. The molecule has 4 nitrogen and oxygen atoms in total. The molecule has 58 valence electrons. The third-order valence-electron chi connectivity index (χ3n) is 1.31. The van der Waals surface area contributed by atoms with Crippen LogP contribution in [0.4, 0.5) is 4.79 Å². The van der Waals surface area contributed by atoms with E-state index in [0.717, 1.165) is 0 Å². The van der Waals surface area contributed by atoms with Gasteiger partial charge in [-0.2, -0.15) is 0 Å². The van der Waals surface area contributed by atoms with Gasteiger partial charge in [0.25, 0.3) is 0 Å². The normalized spacial score (nSPS) is 15.9. The number of carbonyl (C=O) groups is 2. The summed E-state index contributed by atoms with van der Waals surface area (Å²) >= 11 is 0. The lowest BCUT2D eigenvalue weighted by molar-refractivity contribution is -0.118. The van der Waals surface area contributed by atoms with Crippen LogP contribution in [0.2, 0.25) is 0 Å². The molecule has 0 radical (unpaired) electrons. The fourth-order valence-electron chi connectivity index (χ4n) is 0.785. The van der Waals surface area contributed by atoms with Gasteiger partial charge < -0.3 is 4.90 Å². The van der Waals surface area contributed by atoms with Gasteiger partial charge >= 0.3 is 6.03 Å². The van der Waals surface area contributed by atoms with Crippen molar-refractivity contribution in [1.82, 2.24) is 10.2 Å². The second-order valence-electron chi connectivity index (χ2n) is 2.14. The molecule has 3 amide bonds. The molecular formula is C7H8N2O2. The summed E-state index contributed by atoms with van der Waals surface area (Å²) in [5.74, 6) is 5.09. The third kappa shape index (κ3) is 1.71. The highest BCUT2D eigenvalue weighted by atomic mass is 16.2. The van der Waals surface area contributed by atoms with Crippen LogP contribution in [0.1, 0.15) is 6.92 Å². The van der Waals surface area contributed by atoms with Crippen molar-refractivity contribution >= 4 is 11.9 Å². The Labute approximate surface area is 64.6 Å². The topological polar surface area (TPSA) is 49.4 Å². The average Bonchev–Trinajstić information content (AvgIpc) is 2.26. The second kappa shape index (κ2) is 3.06. The molecule has 1 N–H and O–H groups in total. The molecule has 1 fully saturated rings. The van der Waals surface area contributed by atoms with Gasteiger partial charge in [-0.05, 0) is 6.92 Å². The maximum absolute atomic E-state index is 10.8. The third-order valence-corrected chi connectivity index (χ3v) is 1.31. The van der Waals surface area contributed by atoms with Gasteiger partial charge in [-0.3, -0.25) is 10.1 Å². The maximum atomic E-state index is 10.8. The largest absolute Gasteiger partial charge is 0.325 e. The maximum Gasteiger partial charge on any atom is 0.325 e. The first-order chi connectivity index (χ1) is 5.24. The molecule has 0 atom stereocenters. The molecule has 1 saturated heterocycles. The molecule has 1 heterocycles. The van der Waals surface area contributed by atoms with Gasteiger partial charge in [-0.25, -0.2) is 4.79 Å². The van der Waals surface area contributed by atoms with Crippen LogP contribution in [-0.2, 0) is 4.79 Å². The van der Waals surface area contributed by atoms with E-state index in [2.05, 4.69) is 17.2 Å². The fraction of sp³-hybridized carbons (Fsp3) is 0.429. The van der Waals surface area contributed by atoms with Crippen LogP contribution < -0.4 is 5.32 Å². The van der Waals surface area contributed by atoms with E-state index < -0.39 is 0 Å². The smallest absolute Gasteiger partial charge is 0.304 e. The minimum Gasteiger partial charge on any atom is -0.304 e. The van der Waals surface area contributed by atoms with Gasteiger partial charge in [0.1, 0.15) is 6.54 Å². The Kier molecular flexibility index (Phi) is 2.12. The van der Waals surface area contributed by atoms with Gasteiger partial charge in [0.05, 0.1) is 6.54 Å². The van der Waals surface area contributed by atoms with Crippen molar-refractivity contribution in [3.63, 3.8) is 0 Å². The van der Waals surface area contributed by atoms with Crippen LogP contribution in [0.5, 0.6) is 0 Å². The molecule has 4 heteroatoms. The zero-order valence-electron chi connectivity index (χ0n) is 6.18. The van der Waals surface area contributed by atoms with Gasteiger partial charge in [0.2, 0.25) is 5.91 Å². The molecule has 0 aromatic carbocycles. The molecule has 0 unspecified atom stereocenters. The summed E-state index contributed by atoms with van der Waals surface area (Å²) < 4.78 is 0. The summed E-state index contributed by atoms with van der Waals surface area (Å²) in [5, 5.41) is 2.16. The number of urea groups is 1. The molecule has 0 spiro atoms. The lowest BCUT2D eigenvalue weighted by Crippen LogP contribution is -2.28. The highest BCUT2D eigenvalue weighted by molar-refractivity contribution is 6.01. The van der Waals surface area contributed by atoms with Crippen LogP contribution in [0, 0.1) is 11.8 Å². The lowest BCUT2D eigenvalue weighted by Gasteiger charge is -2.06. The minimum atomic E-state index is -0.349. The van der Waals surface area contributed by atoms with Crippen molar-refractivity contribution in [2.45, 2.75) is 6.92 Å². The first kappa shape index (κ1) is 7.61. The Morgan fingerprint density at radius 1 is 1.64 bits per heavy atom. The molecular weight excluding hydrogens is 144 g/mol. The second-order valence-corrected chi connectivity index (χ2v) is 2.14. The molecule has 0 aliphatic carbocycles. The fourth-order valence-corrected chi connectivity index (χ4v) is 0.785. The number of carbonyl (C=O) groups excluding carboxylic acids is 2. The van der Waals surface area contributed by atoms with E-state index in [4.69, 9.17) is 0 Å². The molecule has 0 saturated carbocycles. The number of nitrogens with zero attached hydrogens (tertiary/aromatic N) is 1. The molecule has 1 aliphatic heterocycles. The molecule has 11 heavy (non-hydrogen) atoms.